The minimum absolute atomic E-state index is 0.0744. The lowest BCUT2D eigenvalue weighted by Gasteiger charge is -2.26. The summed E-state index contributed by atoms with van der Waals surface area (Å²) in [6, 6.07) is 0.230. The first-order valence-corrected chi connectivity index (χ1v) is 8.38. The molecule has 0 spiro atoms. The zero-order chi connectivity index (χ0) is 17.7. The van der Waals surface area contributed by atoms with Gasteiger partial charge in [0.25, 0.3) is 5.91 Å². The number of hydrogen-bond donors (Lipinski definition) is 0. The van der Waals surface area contributed by atoms with Crippen LogP contribution in [0.4, 0.5) is 0 Å². The van der Waals surface area contributed by atoms with Crippen LogP contribution in [-0.4, -0.2) is 69.7 Å². The predicted octanol–water partition coefficient (Wildman–Crippen LogP) is 0.845. The molecule has 1 saturated heterocycles. The molecule has 1 atom stereocenters. The van der Waals surface area contributed by atoms with Gasteiger partial charge in [-0.15, -0.1) is 10.2 Å². The van der Waals surface area contributed by atoms with Crippen molar-refractivity contribution in [3.63, 3.8) is 0 Å². The van der Waals surface area contributed by atoms with E-state index >= 15 is 0 Å². The normalized spacial score (nSPS) is 18.8. The van der Waals surface area contributed by atoms with Crippen LogP contribution in [0.5, 0.6) is 0 Å². The van der Waals surface area contributed by atoms with Crippen molar-refractivity contribution in [2.45, 2.75) is 51.8 Å². The van der Waals surface area contributed by atoms with E-state index in [1.807, 2.05) is 18.4 Å². The Labute approximate surface area is 142 Å². The first kappa shape index (κ1) is 18.4. The minimum atomic E-state index is -0.436. The van der Waals surface area contributed by atoms with Crippen molar-refractivity contribution in [3.05, 3.63) is 12.2 Å². The standard InChI is InChI=1S/C16H27N5O3/c1-12(2)21-11-17-18-14(21)9-19(3)15(22)10-20-8-6-5-7-13(24-4)16(20)23/h11-13H,5-10H2,1-4H3. The Morgan fingerprint density at radius 1 is 1.46 bits per heavy atom. The Hall–Kier alpha value is -1.96. The highest BCUT2D eigenvalue weighted by atomic mass is 16.5. The first-order chi connectivity index (χ1) is 11.4. The Bertz CT molecular complexity index is 572. The molecule has 1 aliphatic rings. The highest BCUT2D eigenvalue weighted by Crippen LogP contribution is 2.15. The monoisotopic (exact) mass is 337 g/mol. The average molecular weight is 337 g/mol. The van der Waals surface area contributed by atoms with E-state index in [1.165, 1.54) is 0 Å². The van der Waals surface area contributed by atoms with Gasteiger partial charge >= 0.3 is 0 Å². The van der Waals surface area contributed by atoms with E-state index in [0.717, 1.165) is 18.7 Å². The van der Waals surface area contributed by atoms with Crippen LogP contribution in [0.1, 0.15) is 45.0 Å². The summed E-state index contributed by atoms with van der Waals surface area (Å²) in [5.74, 6) is 0.526. The van der Waals surface area contributed by atoms with E-state index in [2.05, 4.69) is 10.2 Å². The number of hydrogen-bond acceptors (Lipinski definition) is 5. The van der Waals surface area contributed by atoms with Gasteiger partial charge in [0, 0.05) is 26.7 Å². The lowest BCUT2D eigenvalue weighted by Crippen LogP contribution is -2.45. The number of rotatable bonds is 6. The van der Waals surface area contributed by atoms with Crippen LogP contribution in [0.15, 0.2) is 6.33 Å². The third-order valence-electron chi connectivity index (χ3n) is 4.35. The average Bonchev–Trinajstić information content (AvgIpc) is 2.94. The third-order valence-corrected chi connectivity index (χ3v) is 4.35. The zero-order valence-electron chi connectivity index (χ0n) is 14.9. The quantitative estimate of drug-likeness (QED) is 0.768. The van der Waals surface area contributed by atoms with Gasteiger partial charge in [0.05, 0.1) is 13.1 Å². The summed E-state index contributed by atoms with van der Waals surface area (Å²) in [5.41, 5.74) is 0. The fourth-order valence-corrected chi connectivity index (χ4v) is 2.84. The Balaban J connectivity index is 1.97. The van der Waals surface area contributed by atoms with Crippen molar-refractivity contribution in [1.29, 1.82) is 0 Å². The first-order valence-electron chi connectivity index (χ1n) is 8.38. The molecule has 1 fully saturated rings. The molecule has 24 heavy (non-hydrogen) atoms. The molecule has 1 unspecified atom stereocenters. The molecule has 0 aliphatic carbocycles. The Morgan fingerprint density at radius 3 is 2.88 bits per heavy atom. The topological polar surface area (TPSA) is 80.6 Å². The number of carbonyl (C=O) groups is 2. The molecule has 0 N–H and O–H groups in total. The van der Waals surface area contributed by atoms with Gasteiger partial charge in [0.1, 0.15) is 12.4 Å². The van der Waals surface area contributed by atoms with E-state index in [0.29, 0.717) is 19.5 Å². The maximum absolute atomic E-state index is 12.5. The predicted molar refractivity (Wildman–Crippen MR) is 88.1 cm³/mol. The number of likely N-dealkylation sites (tertiary alicyclic amines) is 1. The zero-order valence-corrected chi connectivity index (χ0v) is 14.9. The van der Waals surface area contributed by atoms with Crippen molar-refractivity contribution >= 4 is 11.8 Å². The van der Waals surface area contributed by atoms with Crippen molar-refractivity contribution in [3.8, 4) is 0 Å². The molecule has 134 valence electrons. The molecule has 1 aromatic heterocycles. The highest BCUT2D eigenvalue weighted by Gasteiger charge is 2.29. The van der Waals surface area contributed by atoms with Gasteiger partial charge in [0.15, 0.2) is 5.82 Å². The number of amides is 2. The molecule has 0 saturated carbocycles. The second-order valence-corrected chi connectivity index (χ2v) is 6.48. The van der Waals surface area contributed by atoms with Crippen LogP contribution in [0.2, 0.25) is 0 Å². The molecular weight excluding hydrogens is 310 g/mol. The summed E-state index contributed by atoms with van der Waals surface area (Å²) in [7, 11) is 3.26. The highest BCUT2D eigenvalue weighted by molar-refractivity contribution is 5.87. The molecule has 0 radical (unpaired) electrons. The van der Waals surface area contributed by atoms with E-state index in [1.54, 1.807) is 30.3 Å². The van der Waals surface area contributed by atoms with Gasteiger partial charge in [-0.1, -0.05) is 0 Å². The summed E-state index contributed by atoms with van der Waals surface area (Å²) in [4.78, 5) is 28.1. The van der Waals surface area contributed by atoms with Crippen LogP contribution in [0.25, 0.3) is 0 Å². The minimum Gasteiger partial charge on any atom is -0.372 e. The largest absolute Gasteiger partial charge is 0.372 e. The molecule has 0 bridgehead atoms. The number of methoxy groups -OCH3 is 1. The van der Waals surface area contributed by atoms with Crippen molar-refractivity contribution < 1.29 is 14.3 Å². The number of ether oxygens (including phenoxy) is 1. The van der Waals surface area contributed by atoms with Gasteiger partial charge in [-0.3, -0.25) is 9.59 Å². The van der Waals surface area contributed by atoms with E-state index in [9.17, 15) is 9.59 Å². The van der Waals surface area contributed by atoms with E-state index in [4.69, 9.17) is 4.74 Å². The lowest BCUT2D eigenvalue weighted by molar-refractivity contribution is -0.146. The summed E-state index contributed by atoms with van der Waals surface area (Å²) in [6.07, 6.45) is 3.77. The van der Waals surface area contributed by atoms with E-state index in [-0.39, 0.29) is 24.4 Å². The number of aromatic nitrogens is 3. The number of nitrogens with zero attached hydrogens (tertiary/aromatic N) is 5. The number of carbonyl (C=O) groups excluding carboxylic acids is 2. The molecular formula is C16H27N5O3. The van der Waals surface area contributed by atoms with Gasteiger partial charge in [-0.2, -0.15) is 0 Å². The van der Waals surface area contributed by atoms with Crippen LogP contribution < -0.4 is 0 Å². The fourth-order valence-electron chi connectivity index (χ4n) is 2.84. The lowest BCUT2D eigenvalue weighted by atomic mass is 10.2. The van der Waals surface area contributed by atoms with Crippen molar-refractivity contribution in [1.82, 2.24) is 24.6 Å². The molecule has 1 aliphatic heterocycles. The van der Waals surface area contributed by atoms with Gasteiger partial charge in [-0.25, -0.2) is 0 Å². The second kappa shape index (κ2) is 8.23. The maximum Gasteiger partial charge on any atom is 0.252 e. The molecule has 2 rings (SSSR count). The van der Waals surface area contributed by atoms with Gasteiger partial charge in [0.2, 0.25) is 5.91 Å². The van der Waals surface area contributed by atoms with Crippen LogP contribution in [0, 0.1) is 0 Å². The molecule has 2 heterocycles. The molecule has 8 heteroatoms. The second-order valence-electron chi connectivity index (χ2n) is 6.48. The van der Waals surface area contributed by atoms with Crippen LogP contribution >= 0.6 is 0 Å². The van der Waals surface area contributed by atoms with E-state index < -0.39 is 6.10 Å². The maximum atomic E-state index is 12.5. The molecule has 2 amide bonds. The summed E-state index contributed by atoms with van der Waals surface area (Å²) >= 11 is 0. The summed E-state index contributed by atoms with van der Waals surface area (Å²) in [6.45, 7) is 5.11. The van der Waals surface area contributed by atoms with Crippen LogP contribution in [-0.2, 0) is 20.9 Å². The molecule has 0 aromatic carbocycles. The third kappa shape index (κ3) is 4.31. The molecule has 1 aromatic rings. The van der Waals surface area contributed by atoms with Gasteiger partial charge < -0.3 is 19.1 Å². The Kier molecular flexibility index (Phi) is 6.30. The number of likely N-dealkylation sites (N-methyl/N-ethyl adjacent to an activating group) is 1. The Morgan fingerprint density at radius 2 is 2.21 bits per heavy atom. The van der Waals surface area contributed by atoms with Gasteiger partial charge in [-0.05, 0) is 33.1 Å². The summed E-state index contributed by atoms with van der Waals surface area (Å²) < 4.78 is 7.18. The SMILES string of the molecule is COC1CCCCN(CC(=O)N(C)Cc2nncn2C(C)C)C1=O. The smallest absolute Gasteiger partial charge is 0.252 e. The van der Waals surface area contributed by atoms with Crippen LogP contribution in [0.3, 0.4) is 0 Å². The van der Waals surface area contributed by atoms with Crippen molar-refractivity contribution in [2.75, 3.05) is 27.2 Å². The van der Waals surface area contributed by atoms with Crippen molar-refractivity contribution in [2.24, 2.45) is 0 Å². The fraction of sp³-hybridized carbons (Fsp3) is 0.750. The summed E-state index contributed by atoms with van der Waals surface area (Å²) in [5, 5.41) is 7.99. The molecule has 8 nitrogen and oxygen atoms in total.